The van der Waals surface area contributed by atoms with Crippen LogP contribution in [0.5, 0.6) is 0 Å². The van der Waals surface area contributed by atoms with Gasteiger partial charge in [0.05, 0.1) is 17.9 Å². The van der Waals surface area contributed by atoms with Crippen molar-refractivity contribution < 1.29 is 14.3 Å². The van der Waals surface area contributed by atoms with Gasteiger partial charge in [0.25, 0.3) is 0 Å². The van der Waals surface area contributed by atoms with E-state index in [0.717, 1.165) is 49.9 Å². The number of rotatable bonds is 7. The third-order valence-corrected chi connectivity index (χ3v) is 4.60. The lowest BCUT2D eigenvalue weighted by molar-refractivity contribution is 0.0502. The number of hydrogen-bond acceptors (Lipinski definition) is 4. The van der Waals surface area contributed by atoms with Crippen LogP contribution >= 0.6 is 0 Å². The van der Waals surface area contributed by atoms with Crippen LogP contribution in [-0.2, 0) is 17.6 Å². The van der Waals surface area contributed by atoms with E-state index in [0.29, 0.717) is 12.2 Å². The molecule has 4 nitrogen and oxygen atoms in total. The van der Waals surface area contributed by atoms with Crippen molar-refractivity contribution in [2.75, 3.05) is 24.6 Å². The Bertz CT molecular complexity index is 755. The number of ether oxygens (including phenoxy) is 1. The molecule has 0 amide bonds. The minimum absolute atomic E-state index is 0.288. The van der Waals surface area contributed by atoms with E-state index in [1.165, 1.54) is 11.1 Å². The molecule has 0 unspecified atom stereocenters. The molecule has 0 fully saturated rings. The fraction of sp³-hybridized carbons (Fsp3) is 0.333. The molecule has 1 aliphatic heterocycles. The molecule has 0 radical (unpaired) electrons. The van der Waals surface area contributed by atoms with Crippen LogP contribution in [0.25, 0.3) is 0 Å². The summed E-state index contributed by atoms with van der Waals surface area (Å²) < 4.78 is 5.33. The van der Waals surface area contributed by atoms with Crippen molar-refractivity contribution in [3.8, 4) is 0 Å². The molecule has 25 heavy (non-hydrogen) atoms. The second-order valence-electron chi connectivity index (χ2n) is 6.26. The highest BCUT2D eigenvalue weighted by atomic mass is 16.5. The van der Waals surface area contributed by atoms with Gasteiger partial charge < -0.3 is 9.64 Å². The minimum atomic E-state index is -0.288. The van der Waals surface area contributed by atoms with Crippen LogP contribution in [0, 0.1) is 0 Å². The zero-order valence-corrected chi connectivity index (χ0v) is 14.5. The molecule has 2 aromatic carbocycles. The lowest BCUT2D eigenvalue weighted by Gasteiger charge is -2.21. The molecule has 3 rings (SSSR count). The van der Waals surface area contributed by atoms with Crippen LogP contribution in [0.15, 0.2) is 42.5 Å². The number of carbonyl (C=O) groups is 2. The fourth-order valence-corrected chi connectivity index (χ4v) is 3.33. The molecular formula is C21H23NO3. The van der Waals surface area contributed by atoms with Gasteiger partial charge in [-0.2, -0.15) is 0 Å². The van der Waals surface area contributed by atoms with Crippen LogP contribution in [-0.4, -0.2) is 32.0 Å². The van der Waals surface area contributed by atoms with Gasteiger partial charge in [-0.3, -0.25) is 4.79 Å². The highest BCUT2D eigenvalue weighted by molar-refractivity contribution is 5.89. The second kappa shape index (κ2) is 7.97. The van der Waals surface area contributed by atoms with E-state index in [4.69, 9.17) is 4.74 Å². The molecule has 1 aliphatic rings. The number of benzene rings is 2. The summed E-state index contributed by atoms with van der Waals surface area (Å²) in [5, 5.41) is 0. The van der Waals surface area contributed by atoms with E-state index in [1.807, 2.05) is 24.3 Å². The Morgan fingerprint density at radius 3 is 2.76 bits per heavy atom. The Balaban J connectivity index is 1.56. The zero-order chi connectivity index (χ0) is 17.6. The van der Waals surface area contributed by atoms with Crippen molar-refractivity contribution in [3.63, 3.8) is 0 Å². The largest absolute Gasteiger partial charge is 0.462 e. The van der Waals surface area contributed by atoms with Gasteiger partial charge in [-0.15, -0.1) is 0 Å². The molecule has 0 atom stereocenters. The molecule has 0 bridgehead atoms. The number of aldehydes is 1. The van der Waals surface area contributed by atoms with Gasteiger partial charge in [-0.05, 0) is 48.6 Å². The lowest BCUT2D eigenvalue weighted by Crippen LogP contribution is -2.24. The summed E-state index contributed by atoms with van der Waals surface area (Å²) in [5.74, 6) is -0.288. The first-order chi connectivity index (χ1) is 12.2. The van der Waals surface area contributed by atoms with Gasteiger partial charge in [0.1, 0.15) is 0 Å². The number of hydrogen-bond donors (Lipinski definition) is 0. The van der Waals surface area contributed by atoms with Gasteiger partial charge in [-0.1, -0.05) is 31.2 Å². The molecule has 0 saturated heterocycles. The number of nitrogens with zero attached hydrogens (tertiary/aromatic N) is 1. The van der Waals surface area contributed by atoms with E-state index in [9.17, 15) is 9.59 Å². The molecule has 0 aliphatic carbocycles. The highest BCUT2D eigenvalue weighted by Crippen LogP contribution is 2.32. The van der Waals surface area contributed by atoms with Crippen molar-refractivity contribution in [2.24, 2.45) is 0 Å². The monoisotopic (exact) mass is 337 g/mol. The first kappa shape index (κ1) is 17.2. The van der Waals surface area contributed by atoms with Gasteiger partial charge in [0.2, 0.25) is 0 Å². The lowest BCUT2D eigenvalue weighted by atomic mass is 10.0. The molecule has 4 heteroatoms. The Labute approximate surface area is 148 Å². The van der Waals surface area contributed by atoms with E-state index >= 15 is 0 Å². The predicted octanol–water partition coefficient (Wildman–Crippen LogP) is 3.67. The number of carbonyl (C=O) groups excluding carboxylic acids is 2. The number of esters is 1. The van der Waals surface area contributed by atoms with E-state index in [2.05, 4.69) is 17.9 Å². The molecule has 0 spiro atoms. The first-order valence-electron chi connectivity index (χ1n) is 8.81. The number of aryl methyl sites for hydroxylation is 1. The topological polar surface area (TPSA) is 46.6 Å². The summed E-state index contributed by atoms with van der Waals surface area (Å²) in [6.45, 7) is 4.17. The highest BCUT2D eigenvalue weighted by Gasteiger charge is 2.22. The summed E-state index contributed by atoms with van der Waals surface area (Å²) >= 11 is 0. The predicted molar refractivity (Wildman–Crippen MR) is 98.5 cm³/mol. The maximum atomic E-state index is 11.9. The van der Waals surface area contributed by atoms with Crippen molar-refractivity contribution in [1.82, 2.24) is 0 Å². The third kappa shape index (κ3) is 3.90. The number of fused-ring (bicyclic) bond motifs is 1. The quantitative estimate of drug-likeness (QED) is 0.439. The maximum absolute atomic E-state index is 11.9. The summed E-state index contributed by atoms with van der Waals surface area (Å²) in [5.41, 5.74) is 4.86. The molecule has 0 N–H and O–H groups in total. The Morgan fingerprint density at radius 1 is 1.24 bits per heavy atom. The van der Waals surface area contributed by atoms with Crippen molar-refractivity contribution in [1.29, 1.82) is 0 Å². The SMILES string of the molecule is CCc1cc(C=O)c2c(c1)CCN2CCCOC(=O)c1ccccc1. The Hall–Kier alpha value is -2.62. The zero-order valence-electron chi connectivity index (χ0n) is 14.5. The average Bonchev–Trinajstić information content (AvgIpc) is 3.08. The fourth-order valence-electron chi connectivity index (χ4n) is 3.33. The molecule has 1 heterocycles. The number of anilines is 1. The summed E-state index contributed by atoms with van der Waals surface area (Å²) in [7, 11) is 0. The van der Waals surface area contributed by atoms with Crippen LogP contribution in [0.4, 0.5) is 5.69 Å². The van der Waals surface area contributed by atoms with Crippen LogP contribution in [0.3, 0.4) is 0 Å². The van der Waals surface area contributed by atoms with Crippen LogP contribution in [0.1, 0.15) is 45.2 Å². The Kier molecular flexibility index (Phi) is 5.49. The molecule has 2 aromatic rings. The molecular weight excluding hydrogens is 314 g/mol. The van der Waals surface area contributed by atoms with Crippen LogP contribution < -0.4 is 4.90 Å². The van der Waals surface area contributed by atoms with E-state index < -0.39 is 0 Å². The maximum Gasteiger partial charge on any atom is 0.338 e. The van der Waals surface area contributed by atoms with E-state index in [-0.39, 0.29) is 5.97 Å². The summed E-state index contributed by atoms with van der Waals surface area (Å²) in [4.78, 5) is 25.6. The van der Waals surface area contributed by atoms with Crippen molar-refractivity contribution >= 4 is 17.9 Å². The van der Waals surface area contributed by atoms with Crippen molar-refractivity contribution in [2.45, 2.75) is 26.2 Å². The summed E-state index contributed by atoms with van der Waals surface area (Å²) in [6.07, 6.45) is 3.59. The smallest absolute Gasteiger partial charge is 0.338 e. The standard InChI is InChI=1S/C21H23NO3/c1-2-16-13-18-9-11-22(20(18)19(14-16)15-23)10-6-12-25-21(24)17-7-4-3-5-8-17/h3-5,7-8,13-15H,2,6,9-12H2,1H3. The first-order valence-corrected chi connectivity index (χ1v) is 8.81. The third-order valence-electron chi connectivity index (χ3n) is 4.60. The summed E-state index contributed by atoms with van der Waals surface area (Å²) in [6, 6.07) is 13.2. The van der Waals surface area contributed by atoms with Gasteiger partial charge in [-0.25, -0.2) is 4.79 Å². The van der Waals surface area contributed by atoms with E-state index in [1.54, 1.807) is 12.1 Å². The average molecular weight is 337 g/mol. The van der Waals surface area contributed by atoms with Gasteiger partial charge >= 0.3 is 5.97 Å². The van der Waals surface area contributed by atoms with Gasteiger partial charge in [0.15, 0.2) is 6.29 Å². The van der Waals surface area contributed by atoms with Crippen molar-refractivity contribution in [3.05, 3.63) is 64.7 Å². The normalized spacial score (nSPS) is 12.8. The minimum Gasteiger partial charge on any atom is -0.462 e. The Morgan fingerprint density at radius 2 is 2.04 bits per heavy atom. The molecule has 130 valence electrons. The molecule has 0 saturated carbocycles. The second-order valence-corrected chi connectivity index (χ2v) is 6.26. The van der Waals surface area contributed by atoms with Gasteiger partial charge in [0, 0.05) is 18.7 Å². The molecule has 0 aromatic heterocycles. The van der Waals surface area contributed by atoms with Crippen LogP contribution in [0.2, 0.25) is 0 Å².